The fourth-order valence-corrected chi connectivity index (χ4v) is 1.75. The Labute approximate surface area is 124 Å². The van der Waals surface area contributed by atoms with Gasteiger partial charge in [0.15, 0.2) is 0 Å². The lowest BCUT2D eigenvalue weighted by molar-refractivity contribution is 0.459. The standard InChI is InChI=1S/C16H18N4O/c1-3-9-18-15-10-16(20-14(4-2)19-15)21-13-7-5-12(11-17)6-8-13/h5-8,10H,3-4,9H2,1-2H3,(H,18,19,20). The van der Waals surface area contributed by atoms with Crippen molar-refractivity contribution in [2.45, 2.75) is 26.7 Å². The molecule has 0 amide bonds. The van der Waals surface area contributed by atoms with Crippen LogP contribution in [0.4, 0.5) is 5.82 Å². The summed E-state index contributed by atoms with van der Waals surface area (Å²) >= 11 is 0. The van der Waals surface area contributed by atoms with E-state index in [0.29, 0.717) is 17.2 Å². The molecule has 2 aromatic rings. The van der Waals surface area contributed by atoms with Crippen molar-refractivity contribution in [2.24, 2.45) is 0 Å². The molecule has 5 nitrogen and oxygen atoms in total. The number of nitrogens with one attached hydrogen (secondary N) is 1. The molecule has 108 valence electrons. The maximum absolute atomic E-state index is 8.79. The SMILES string of the molecule is CCCNc1cc(Oc2ccc(C#N)cc2)nc(CC)n1. The minimum atomic E-state index is 0.505. The first-order valence-corrected chi connectivity index (χ1v) is 7.05. The van der Waals surface area contributed by atoms with E-state index in [1.54, 1.807) is 30.3 Å². The summed E-state index contributed by atoms with van der Waals surface area (Å²) in [6, 6.07) is 10.8. The third kappa shape index (κ3) is 4.18. The first-order valence-electron chi connectivity index (χ1n) is 7.05. The molecule has 0 aliphatic carbocycles. The number of anilines is 1. The minimum absolute atomic E-state index is 0.505. The molecule has 0 fully saturated rings. The number of nitriles is 1. The molecule has 1 heterocycles. The zero-order chi connectivity index (χ0) is 15.1. The van der Waals surface area contributed by atoms with Gasteiger partial charge in [-0.1, -0.05) is 13.8 Å². The van der Waals surface area contributed by atoms with Crippen LogP contribution in [0.2, 0.25) is 0 Å². The lowest BCUT2D eigenvalue weighted by atomic mass is 10.2. The molecule has 5 heteroatoms. The first kappa shape index (κ1) is 14.8. The van der Waals surface area contributed by atoms with Crippen LogP contribution in [0.1, 0.15) is 31.7 Å². The molecule has 0 saturated heterocycles. The highest BCUT2D eigenvalue weighted by Crippen LogP contribution is 2.22. The summed E-state index contributed by atoms with van der Waals surface area (Å²) in [6.45, 7) is 4.96. The largest absolute Gasteiger partial charge is 0.439 e. The number of rotatable bonds is 6. The third-order valence-electron chi connectivity index (χ3n) is 2.83. The van der Waals surface area contributed by atoms with Crippen LogP contribution in [-0.4, -0.2) is 16.5 Å². The molecule has 0 bridgehead atoms. The molecule has 0 spiro atoms. The van der Waals surface area contributed by atoms with Gasteiger partial charge in [-0.25, -0.2) is 4.98 Å². The quantitative estimate of drug-likeness (QED) is 0.877. The summed E-state index contributed by atoms with van der Waals surface area (Å²) in [5, 5.41) is 12.0. The van der Waals surface area contributed by atoms with E-state index < -0.39 is 0 Å². The van der Waals surface area contributed by atoms with Crippen molar-refractivity contribution in [1.82, 2.24) is 9.97 Å². The summed E-state index contributed by atoms with van der Waals surface area (Å²) in [5.74, 6) is 2.66. The van der Waals surface area contributed by atoms with Crippen LogP contribution in [0.5, 0.6) is 11.6 Å². The molecule has 21 heavy (non-hydrogen) atoms. The predicted molar refractivity (Wildman–Crippen MR) is 81.4 cm³/mol. The van der Waals surface area contributed by atoms with Gasteiger partial charge in [-0.2, -0.15) is 10.2 Å². The Morgan fingerprint density at radius 3 is 2.57 bits per heavy atom. The van der Waals surface area contributed by atoms with Gasteiger partial charge < -0.3 is 10.1 Å². The summed E-state index contributed by atoms with van der Waals surface area (Å²) < 4.78 is 5.74. The first-order chi connectivity index (χ1) is 10.2. The van der Waals surface area contributed by atoms with Crippen molar-refractivity contribution in [3.05, 3.63) is 41.7 Å². The maximum Gasteiger partial charge on any atom is 0.224 e. The van der Waals surface area contributed by atoms with E-state index in [4.69, 9.17) is 10.00 Å². The summed E-state index contributed by atoms with van der Waals surface area (Å²) in [5.41, 5.74) is 0.601. The molecule has 0 saturated carbocycles. The van der Waals surface area contributed by atoms with Gasteiger partial charge in [-0.05, 0) is 30.7 Å². The van der Waals surface area contributed by atoms with Crippen molar-refractivity contribution in [2.75, 3.05) is 11.9 Å². The summed E-state index contributed by atoms with van der Waals surface area (Å²) in [6.07, 6.45) is 1.77. The molecule has 0 radical (unpaired) electrons. The number of ether oxygens (including phenoxy) is 1. The van der Waals surface area contributed by atoms with Gasteiger partial charge in [-0.15, -0.1) is 0 Å². The van der Waals surface area contributed by atoms with Gasteiger partial charge in [-0.3, -0.25) is 0 Å². The molecule has 1 N–H and O–H groups in total. The lowest BCUT2D eigenvalue weighted by Crippen LogP contribution is -2.05. The highest BCUT2D eigenvalue weighted by Gasteiger charge is 2.05. The Bertz CT molecular complexity index is 632. The van der Waals surface area contributed by atoms with E-state index in [2.05, 4.69) is 28.3 Å². The van der Waals surface area contributed by atoms with Crippen LogP contribution < -0.4 is 10.1 Å². The normalized spacial score (nSPS) is 9.95. The van der Waals surface area contributed by atoms with Gasteiger partial charge in [0.1, 0.15) is 17.4 Å². The molecule has 0 atom stereocenters. The summed E-state index contributed by atoms with van der Waals surface area (Å²) in [4.78, 5) is 8.77. The Morgan fingerprint density at radius 1 is 1.19 bits per heavy atom. The highest BCUT2D eigenvalue weighted by atomic mass is 16.5. The van der Waals surface area contributed by atoms with Crippen molar-refractivity contribution in [1.29, 1.82) is 5.26 Å². The number of aryl methyl sites for hydroxylation is 1. The monoisotopic (exact) mass is 282 g/mol. The van der Waals surface area contributed by atoms with Crippen LogP contribution in [0, 0.1) is 11.3 Å². The molecule has 0 aliphatic heterocycles. The Morgan fingerprint density at radius 2 is 1.95 bits per heavy atom. The molecule has 2 rings (SSSR count). The van der Waals surface area contributed by atoms with E-state index in [9.17, 15) is 0 Å². The zero-order valence-corrected chi connectivity index (χ0v) is 12.3. The van der Waals surface area contributed by atoms with Crippen LogP contribution in [-0.2, 0) is 6.42 Å². The number of aromatic nitrogens is 2. The number of nitrogens with zero attached hydrogens (tertiary/aromatic N) is 3. The van der Waals surface area contributed by atoms with Gasteiger partial charge in [0.05, 0.1) is 11.6 Å². The van der Waals surface area contributed by atoms with Crippen LogP contribution in [0.25, 0.3) is 0 Å². The molecule has 0 aliphatic rings. The van der Waals surface area contributed by atoms with Gasteiger partial charge in [0.2, 0.25) is 5.88 Å². The second-order valence-corrected chi connectivity index (χ2v) is 4.53. The van der Waals surface area contributed by atoms with E-state index in [1.807, 2.05) is 6.92 Å². The van der Waals surface area contributed by atoms with Gasteiger partial charge >= 0.3 is 0 Å². The third-order valence-corrected chi connectivity index (χ3v) is 2.83. The molecule has 1 aromatic carbocycles. The van der Waals surface area contributed by atoms with E-state index in [1.165, 1.54) is 0 Å². The Kier molecular flexibility index (Phi) is 5.10. The van der Waals surface area contributed by atoms with E-state index in [-0.39, 0.29) is 0 Å². The second kappa shape index (κ2) is 7.25. The number of benzene rings is 1. The molecular formula is C16H18N4O. The van der Waals surface area contributed by atoms with Crippen molar-refractivity contribution >= 4 is 5.82 Å². The number of hydrogen-bond donors (Lipinski definition) is 1. The van der Waals surface area contributed by atoms with Crippen molar-refractivity contribution in [3.63, 3.8) is 0 Å². The van der Waals surface area contributed by atoms with Crippen molar-refractivity contribution < 1.29 is 4.74 Å². The predicted octanol–water partition coefficient (Wildman–Crippen LogP) is 3.52. The lowest BCUT2D eigenvalue weighted by Gasteiger charge is -2.09. The van der Waals surface area contributed by atoms with Crippen LogP contribution in [0.3, 0.4) is 0 Å². The Balaban J connectivity index is 2.19. The average Bonchev–Trinajstić information content (AvgIpc) is 2.53. The van der Waals surface area contributed by atoms with Crippen molar-refractivity contribution in [3.8, 4) is 17.7 Å². The Hall–Kier alpha value is -2.61. The van der Waals surface area contributed by atoms with Crippen LogP contribution >= 0.6 is 0 Å². The second-order valence-electron chi connectivity index (χ2n) is 4.53. The maximum atomic E-state index is 8.79. The van der Waals surface area contributed by atoms with Gasteiger partial charge in [0.25, 0.3) is 0 Å². The van der Waals surface area contributed by atoms with Crippen LogP contribution in [0.15, 0.2) is 30.3 Å². The molecular weight excluding hydrogens is 264 g/mol. The summed E-state index contributed by atoms with van der Waals surface area (Å²) in [7, 11) is 0. The zero-order valence-electron chi connectivity index (χ0n) is 12.3. The molecule has 1 aromatic heterocycles. The molecule has 0 unspecified atom stereocenters. The smallest absolute Gasteiger partial charge is 0.224 e. The van der Waals surface area contributed by atoms with E-state index >= 15 is 0 Å². The topological polar surface area (TPSA) is 70.8 Å². The van der Waals surface area contributed by atoms with E-state index in [0.717, 1.165) is 31.0 Å². The fraction of sp³-hybridized carbons (Fsp3) is 0.312. The van der Waals surface area contributed by atoms with Gasteiger partial charge in [0, 0.05) is 19.0 Å². The number of hydrogen-bond acceptors (Lipinski definition) is 5. The minimum Gasteiger partial charge on any atom is -0.439 e. The fourth-order valence-electron chi connectivity index (χ4n) is 1.75. The highest BCUT2D eigenvalue weighted by molar-refractivity contribution is 5.41. The average molecular weight is 282 g/mol.